The van der Waals surface area contributed by atoms with E-state index in [1.165, 1.54) is 12.7 Å². The van der Waals surface area contributed by atoms with Gasteiger partial charge in [0, 0.05) is 11.8 Å². The van der Waals surface area contributed by atoms with Crippen LogP contribution in [-0.4, -0.2) is 35.9 Å². The molecule has 2 spiro atoms. The molecule has 0 amide bonds. The SMILES string of the molecule is C=C1CC23CCC1CCC2C12CCC(O)C(C(=O)O1)C(C)C2C3C(=O)OC. The number of carbonyl (C=O) groups excluding carboxylic acids is 2. The molecule has 5 saturated carbocycles. The lowest BCUT2D eigenvalue weighted by Gasteiger charge is -2.47. The van der Waals surface area contributed by atoms with Crippen LogP contribution in [0.4, 0.5) is 0 Å². The average molecular weight is 374 g/mol. The Hall–Kier alpha value is -1.36. The third-order valence-electron chi connectivity index (χ3n) is 9.12. The minimum absolute atomic E-state index is 0.0720. The van der Waals surface area contributed by atoms with Crippen LogP contribution in [0.2, 0.25) is 0 Å². The van der Waals surface area contributed by atoms with Crippen molar-refractivity contribution in [3.05, 3.63) is 12.2 Å². The number of methoxy groups -OCH3 is 1. The van der Waals surface area contributed by atoms with Gasteiger partial charge in [0.25, 0.3) is 0 Å². The van der Waals surface area contributed by atoms with Crippen molar-refractivity contribution in [1.82, 2.24) is 0 Å². The molecule has 0 radical (unpaired) electrons. The van der Waals surface area contributed by atoms with E-state index in [4.69, 9.17) is 9.47 Å². The van der Waals surface area contributed by atoms with Crippen molar-refractivity contribution in [1.29, 1.82) is 0 Å². The van der Waals surface area contributed by atoms with Crippen LogP contribution in [-0.2, 0) is 19.1 Å². The molecule has 5 nitrogen and oxygen atoms in total. The molecule has 2 saturated heterocycles. The zero-order valence-electron chi connectivity index (χ0n) is 16.3. The Bertz CT molecular complexity index is 715. The van der Waals surface area contributed by atoms with Crippen molar-refractivity contribution in [2.24, 2.45) is 40.9 Å². The van der Waals surface area contributed by atoms with Gasteiger partial charge in [0.2, 0.25) is 0 Å². The number of aliphatic hydroxyl groups is 1. The second-order valence-electron chi connectivity index (χ2n) is 9.83. The monoisotopic (exact) mass is 374 g/mol. The van der Waals surface area contributed by atoms with Crippen molar-refractivity contribution >= 4 is 11.9 Å². The molecule has 2 heterocycles. The summed E-state index contributed by atoms with van der Waals surface area (Å²) < 4.78 is 11.6. The van der Waals surface area contributed by atoms with Gasteiger partial charge in [0.15, 0.2) is 0 Å². The van der Waals surface area contributed by atoms with E-state index in [1.54, 1.807) is 0 Å². The molecule has 0 aromatic carbocycles. The second kappa shape index (κ2) is 5.59. The van der Waals surface area contributed by atoms with Crippen LogP contribution >= 0.6 is 0 Å². The van der Waals surface area contributed by atoms with E-state index in [9.17, 15) is 14.7 Å². The lowest BCUT2D eigenvalue weighted by atomic mass is 9.60. The molecule has 148 valence electrons. The topological polar surface area (TPSA) is 72.8 Å². The van der Waals surface area contributed by atoms with Gasteiger partial charge in [-0.25, -0.2) is 0 Å². The predicted octanol–water partition coefficient (Wildman–Crippen LogP) is 2.86. The van der Waals surface area contributed by atoms with Gasteiger partial charge >= 0.3 is 11.9 Å². The molecule has 7 fully saturated rings. The fourth-order valence-corrected chi connectivity index (χ4v) is 8.23. The molecule has 0 aromatic heterocycles. The highest BCUT2D eigenvalue weighted by molar-refractivity contribution is 5.79. The van der Waals surface area contributed by atoms with Gasteiger partial charge in [0.05, 0.1) is 25.0 Å². The third kappa shape index (κ3) is 1.99. The smallest absolute Gasteiger partial charge is 0.312 e. The fraction of sp³-hybridized carbons (Fsp3) is 0.818. The molecule has 9 atom stereocenters. The van der Waals surface area contributed by atoms with E-state index in [-0.39, 0.29) is 41.0 Å². The zero-order valence-corrected chi connectivity index (χ0v) is 16.3. The largest absolute Gasteiger partial charge is 0.469 e. The van der Waals surface area contributed by atoms with Gasteiger partial charge in [-0.1, -0.05) is 19.1 Å². The van der Waals surface area contributed by atoms with E-state index in [1.807, 2.05) is 6.92 Å². The number of hydrogen-bond donors (Lipinski definition) is 1. The Kier molecular flexibility index (Phi) is 3.67. The van der Waals surface area contributed by atoms with E-state index in [0.717, 1.165) is 32.1 Å². The van der Waals surface area contributed by atoms with Crippen molar-refractivity contribution < 1.29 is 24.2 Å². The molecule has 5 heteroatoms. The molecule has 9 unspecified atom stereocenters. The molecule has 0 aromatic rings. The average Bonchev–Trinajstić information content (AvgIpc) is 2.87. The number of esters is 2. The molecule has 7 rings (SSSR count). The van der Waals surface area contributed by atoms with Gasteiger partial charge in [-0.3, -0.25) is 9.59 Å². The minimum Gasteiger partial charge on any atom is -0.469 e. The van der Waals surface area contributed by atoms with Crippen LogP contribution in [0.25, 0.3) is 0 Å². The number of rotatable bonds is 1. The van der Waals surface area contributed by atoms with Gasteiger partial charge < -0.3 is 14.6 Å². The van der Waals surface area contributed by atoms with Gasteiger partial charge in [0.1, 0.15) is 5.60 Å². The van der Waals surface area contributed by atoms with Gasteiger partial charge in [-0.15, -0.1) is 0 Å². The highest BCUT2D eigenvalue weighted by Gasteiger charge is 2.76. The van der Waals surface area contributed by atoms with E-state index in [0.29, 0.717) is 18.8 Å². The van der Waals surface area contributed by atoms with Crippen LogP contribution < -0.4 is 0 Å². The number of fused-ring (bicyclic) bond motifs is 6. The summed E-state index contributed by atoms with van der Waals surface area (Å²) in [4.78, 5) is 26.1. The quantitative estimate of drug-likeness (QED) is 0.564. The van der Waals surface area contributed by atoms with Crippen molar-refractivity contribution in [2.45, 2.75) is 63.6 Å². The number of aliphatic hydroxyl groups excluding tert-OH is 1. The Morgan fingerprint density at radius 3 is 2.74 bits per heavy atom. The fourth-order valence-electron chi connectivity index (χ4n) is 8.23. The summed E-state index contributed by atoms with van der Waals surface area (Å²) in [6.07, 6.45) is 5.47. The Labute approximate surface area is 160 Å². The van der Waals surface area contributed by atoms with Crippen LogP contribution in [0.1, 0.15) is 51.9 Å². The first-order valence-corrected chi connectivity index (χ1v) is 10.5. The maximum atomic E-state index is 13.2. The summed E-state index contributed by atoms with van der Waals surface area (Å²) in [7, 11) is 1.47. The summed E-state index contributed by atoms with van der Waals surface area (Å²) in [5.41, 5.74) is 0.412. The normalized spacial score (nSPS) is 53.2. The van der Waals surface area contributed by atoms with Crippen LogP contribution in [0.15, 0.2) is 12.2 Å². The van der Waals surface area contributed by atoms with E-state index in [2.05, 4.69) is 6.58 Å². The summed E-state index contributed by atoms with van der Waals surface area (Å²) in [6, 6.07) is 0. The molecule has 27 heavy (non-hydrogen) atoms. The summed E-state index contributed by atoms with van der Waals surface area (Å²) in [5.74, 6) is -0.717. The minimum atomic E-state index is -0.677. The number of hydrogen-bond acceptors (Lipinski definition) is 5. The van der Waals surface area contributed by atoms with Crippen molar-refractivity contribution in [3.8, 4) is 0 Å². The predicted molar refractivity (Wildman–Crippen MR) is 97.4 cm³/mol. The Balaban J connectivity index is 1.73. The Morgan fingerprint density at radius 2 is 2.04 bits per heavy atom. The van der Waals surface area contributed by atoms with Gasteiger partial charge in [-0.05, 0) is 62.2 Å². The first kappa shape index (κ1) is 17.7. The molecule has 4 bridgehead atoms. The summed E-state index contributed by atoms with van der Waals surface area (Å²) in [5, 5.41) is 10.6. The summed E-state index contributed by atoms with van der Waals surface area (Å²) in [6.45, 7) is 6.41. The second-order valence-corrected chi connectivity index (χ2v) is 9.83. The van der Waals surface area contributed by atoms with E-state index < -0.39 is 17.6 Å². The van der Waals surface area contributed by atoms with Crippen LogP contribution in [0.3, 0.4) is 0 Å². The molecule has 2 aliphatic heterocycles. The molecular formula is C22H30O5. The van der Waals surface area contributed by atoms with E-state index >= 15 is 0 Å². The van der Waals surface area contributed by atoms with Crippen molar-refractivity contribution in [2.75, 3.05) is 7.11 Å². The molecular weight excluding hydrogens is 344 g/mol. The van der Waals surface area contributed by atoms with Crippen LogP contribution in [0.5, 0.6) is 0 Å². The number of allylic oxidation sites excluding steroid dienone is 1. The molecule has 5 aliphatic carbocycles. The first-order chi connectivity index (χ1) is 12.9. The van der Waals surface area contributed by atoms with Crippen molar-refractivity contribution in [3.63, 3.8) is 0 Å². The standard InChI is InChI=1S/C22H30O5/c1-11-10-21-8-6-13(11)4-5-15(21)22-9-7-14(23)16(19(24)27-22)12(2)17(22)18(21)20(25)26-3/h12-18,23H,1,4-10H2,2-3H3. The van der Waals surface area contributed by atoms with Crippen LogP contribution in [0, 0.1) is 40.9 Å². The number of carbonyl (C=O) groups is 2. The maximum Gasteiger partial charge on any atom is 0.312 e. The number of ether oxygens (including phenoxy) is 2. The molecule has 1 N–H and O–H groups in total. The Morgan fingerprint density at radius 1 is 1.26 bits per heavy atom. The summed E-state index contributed by atoms with van der Waals surface area (Å²) >= 11 is 0. The first-order valence-electron chi connectivity index (χ1n) is 10.5. The highest BCUT2D eigenvalue weighted by atomic mass is 16.6. The lowest BCUT2D eigenvalue weighted by Crippen LogP contribution is -2.55. The molecule has 7 aliphatic rings. The maximum absolute atomic E-state index is 13.2. The highest BCUT2D eigenvalue weighted by Crippen LogP contribution is 2.73. The zero-order chi connectivity index (χ0) is 19.1. The third-order valence-corrected chi connectivity index (χ3v) is 9.12. The lowest BCUT2D eigenvalue weighted by molar-refractivity contribution is -0.200. The van der Waals surface area contributed by atoms with Gasteiger partial charge in [-0.2, -0.15) is 0 Å².